The van der Waals surface area contributed by atoms with Gasteiger partial charge in [0, 0.05) is 60.1 Å². The highest BCUT2D eigenvalue weighted by Crippen LogP contribution is 2.41. The second-order valence-electron chi connectivity index (χ2n) is 14.5. The van der Waals surface area contributed by atoms with Crippen LogP contribution in [0.3, 0.4) is 0 Å². The van der Waals surface area contributed by atoms with Crippen LogP contribution in [0.2, 0.25) is 0 Å². The summed E-state index contributed by atoms with van der Waals surface area (Å²) in [5.74, 6) is -4.28. The molecule has 0 radical (unpaired) electrons. The average Bonchev–Trinajstić information content (AvgIpc) is 3.76. The predicted molar refractivity (Wildman–Crippen MR) is 195 cm³/mol. The number of nitrogens with two attached hydrogens (primary N) is 1. The number of fused-ring (bicyclic) bond motifs is 2. The van der Waals surface area contributed by atoms with E-state index in [1.807, 2.05) is 0 Å². The number of nitrogens with zero attached hydrogens (tertiary/aromatic N) is 1. The summed E-state index contributed by atoms with van der Waals surface area (Å²) in [6.45, 7) is 4.81. The zero-order valence-corrected chi connectivity index (χ0v) is 32.0. The van der Waals surface area contributed by atoms with Crippen LogP contribution < -0.4 is 19.9 Å². The van der Waals surface area contributed by atoms with Gasteiger partial charge in [0.1, 0.15) is 23.3 Å². The second-order valence-corrected chi connectivity index (χ2v) is 15.5. The first kappa shape index (κ1) is 40.6. The van der Waals surface area contributed by atoms with Crippen LogP contribution in [0.4, 0.5) is 8.78 Å². The molecule has 54 heavy (non-hydrogen) atoms. The molecule has 1 aliphatic carbocycles. The second kappa shape index (κ2) is 17.2. The van der Waals surface area contributed by atoms with Crippen molar-refractivity contribution in [2.45, 2.75) is 109 Å². The van der Waals surface area contributed by atoms with Gasteiger partial charge in [-0.2, -0.15) is 0 Å². The van der Waals surface area contributed by atoms with E-state index in [0.29, 0.717) is 23.1 Å². The first-order chi connectivity index (χ1) is 25.6. The number of Topliss-reactive ketones (excluding diaryl/α,β-unsaturated/α-hetero) is 2. The topological polar surface area (TPSA) is 161 Å². The SMILES string of the molecule is COc1cc2sc(C(=O)CCC(=O)OC3CCC(N)CC3)cc2c(F)c1OCCC(=O)c1c(OC)cc2c(c1F)CN(C(=O)CCC(=O)OC(C)(C)C)C2. The summed E-state index contributed by atoms with van der Waals surface area (Å²) >= 11 is 1.05. The van der Waals surface area contributed by atoms with E-state index in [0.717, 1.165) is 24.2 Å². The number of amides is 1. The Morgan fingerprint density at radius 1 is 0.833 bits per heavy atom. The number of rotatable bonds is 15. The summed E-state index contributed by atoms with van der Waals surface area (Å²) in [7, 11) is 2.61. The molecule has 1 aliphatic heterocycles. The highest BCUT2D eigenvalue weighted by Gasteiger charge is 2.32. The monoisotopic (exact) mass is 772 g/mol. The molecule has 0 spiro atoms. The number of hydrogen-bond acceptors (Lipinski definition) is 12. The molecule has 0 saturated heterocycles. The van der Waals surface area contributed by atoms with Gasteiger partial charge >= 0.3 is 11.9 Å². The van der Waals surface area contributed by atoms with Crippen LogP contribution in [-0.2, 0) is 36.9 Å². The number of ether oxygens (including phenoxy) is 5. The van der Waals surface area contributed by atoms with E-state index in [1.165, 1.54) is 37.3 Å². The van der Waals surface area contributed by atoms with Gasteiger partial charge in [0.2, 0.25) is 5.91 Å². The summed E-state index contributed by atoms with van der Waals surface area (Å²) in [4.78, 5) is 65.3. The molecule has 1 fully saturated rings. The fraction of sp³-hybridized carbons (Fsp3) is 0.513. The van der Waals surface area contributed by atoms with E-state index < -0.39 is 35.0 Å². The van der Waals surface area contributed by atoms with Crippen LogP contribution in [0.15, 0.2) is 18.2 Å². The van der Waals surface area contributed by atoms with Gasteiger partial charge in [-0.3, -0.25) is 24.0 Å². The molecule has 0 atom stereocenters. The summed E-state index contributed by atoms with van der Waals surface area (Å²) < 4.78 is 59.3. The molecular weight excluding hydrogens is 726 g/mol. The maximum Gasteiger partial charge on any atom is 0.306 e. The molecule has 2 N–H and O–H groups in total. The minimum absolute atomic E-state index is 0.0214. The van der Waals surface area contributed by atoms with Gasteiger partial charge in [0.05, 0.1) is 44.1 Å². The smallest absolute Gasteiger partial charge is 0.306 e. The first-order valence-corrected chi connectivity index (χ1v) is 18.7. The van der Waals surface area contributed by atoms with E-state index in [2.05, 4.69) is 0 Å². The van der Waals surface area contributed by atoms with Crippen molar-refractivity contribution in [2.24, 2.45) is 5.73 Å². The number of carbonyl (C=O) groups is 5. The molecule has 5 rings (SSSR count). The standard InChI is InChI=1S/C39H46F2N2O10S/c1-39(2,3)53-34(48)13-11-32(46)43-19-21-16-28(49-4)35(36(40)25(21)20-43)27(45)14-15-51-38-29(50-5)18-30-24(37(38)41)17-31(54-30)26(44)10-12-33(47)52-23-8-6-22(42)7-9-23/h16-18,22-23H,6-15,19-20,42H2,1-5H3. The van der Waals surface area contributed by atoms with Gasteiger partial charge in [-0.1, -0.05) is 0 Å². The van der Waals surface area contributed by atoms with Crippen LogP contribution in [0.5, 0.6) is 17.2 Å². The van der Waals surface area contributed by atoms with E-state index >= 15 is 8.78 Å². The van der Waals surface area contributed by atoms with E-state index in [9.17, 15) is 24.0 Å². The maximum atomic E-state index is 15.9. The Balaban J connectivity index is 1.20. The minimum Gasteiger partial charge on any atom is -0.496 e. The molecule has 0 bridgehead atoms. The van der Waals surface area contributed by atoms with Gasteiger partial charge in [-0.15, -0.1) is 11.3 Å². The fourth-order valence-electron chi connectivity index (χ4n) is 6.52. The molecule has 292 valence electrons. The Bertz CT molecular complexity index is 1930. The molecule has 0 unspecified atom stereocenters. The zero-order chi connectivity index (χ0) is 39.3. The maximum absolute atomic E-state index is 15.9. The summed E-state index contributed by atoms with van der Waals surface area (Å²) in [6, 6.07) is 4.53. The van der Waals surface area contributed by atoms with E-state index in [1.54, 1.807) is 20.8 Å². The quantitative estimate of drug-likeness (QED) is 0.131. The highest BCUT2D eigenvalue weighted by molar-refractivity contribution is 7.20. The van der Waals surface area contributed by atoms with Gasteiger partial charge in [0.15, 0.2) is 28.9 Å². The Kier molecular flexibility index (Phi) is 12.9. The Morgan fingerprint density at radius 3 is 2.19 bits per heavy atom. The van der Waals surface area contributed by atoms with Crippen molar-refractivity contribution in [3.05, 3.63) is 51.4 Å². The average molecular weight is 773 g/mol. The number of benzene rings is 2. The molecule has 15 heteroatoms. The lowest BCUT2D eigenvalue weighted by Crippen LogP contribution is -2.31. The van der Waals surface area contributed by atoms with Crippen LogP contribution in [0.1, 0.15) is 110 Å². The van der Waals surface area contributed by atoms with Gasteiger partial charge < -0.3 is 34.3 Å². The lowest BCUT2D eigenvalue weighted by Gasteiger charge is -2.25. The number of thiophene rings is 1. The third-order valence-electron chi connectivity index (χ3n) is 9.27. The largest absolute Gasteiger partial charge is 0.496 e. The molecular formula is C39H46F2N2O10S. The normalized spacial score (nSPS) is 16.9. The van der Waals surface area contributed by atoms with Gasteiger partial charge in [0.25, 0.3) is 0 Å². The number of methoxy groups -OCH3 is 2. The minimum atomic E-state index is -0.829. The van der Waals surface area contributed by atoms with Crippen LogP contribution in [0, 0.1) is 11.6 Å². The van der Waals surface area contributed by atoms with Crippen molar-refractivity contribution in [2.75, 3.05) is 20.8 Å². The van der Waals surface area contributed by atoms with Crippen molar-refractivity contribution in [1.82, 2.24) is 4.90 Å². The lowest BCUT2D eigenvalue weighted by atomic mass is 9.94. The summed E-state index contributed by atoms with van der Waals surface area (Å²) in [5, 5.41) is 0.100. The molecule has 1 saturated carbocycles. The zero-order valence-electron chi connectivity index (χ0n) is 31.1. The van der Waals surface area contributed by atoms with Crippen LogP contribution in [-0.4, -0.2) is 72.9 Å². The highest BCUT2D eigenvalue weighted by atomic mass is 32.1. The Labute approximate surface area is 316 Å². The third kappa shape index (κ3) is 9.72. The van der Waals surface area contributed by atoms with Crippen molar-refractivity contribution < 1.29 is 56.4 Å². The summed E-state index contributed by atoms with van der Waals surface area (Å²) in [5.41, 5.74) is 5.54. The van der Waals surface area contributed by atoms with E-state index in [-0.39, 0.29) is 114 Å². The summed E-state index contributed by atoms with van der Waals surface area (Å²) in [6.07, 6.45) is 1.93. The van der Waals surface area contributed by atoms with Crippen molar-refractivity contribution in [3.63, 3.8) is 0 Å². The molecule has 1 aromatic heterocycles. The Morgan fingerprint density at radius 2 is 1.52 bits per heavy atom. The number of carbonyl (C=O) groups excluding carboxylic acids is 5. The first-order valence-electron chi connectivity index (χ1n) is 17.9. The Hall–Kier alpha value is -4.63. The number of ketones is 2. The van der Waals surface area contributed by atoms with Crippen molar-refractivity contribution >= 4 is 50.8 Å². The number of hydrogen-bond donors (Lipinski definition) is 1. The fourth-order valence-corrected chi connectivity index (χ4v) is 7.58. The van der Waals surface area contributed by atoms with Crippen molar-refractivity contribution in [3.8, 4) is 17.2 Å². The predicted octanol–water partition coefficient (Wildman–Crippen LogP) is 6.59. The molecule has 1 amide bonds. The number of halogens is 2. The molecule has 12 nitrogen and oxygen atoms in total. The molecule has 2 aliphatic rings. The van der Waals surface area contributed by atoms with Crippen molar-refractivity contribution in [1.29, 1.82) is 0 Å². The van der Waals surface area contributed by atoms with E-state index in [4.69, 9.17) is 29.4 Å². The molecule has 2 aromatic carbocycles. The van der Waals surface area contributed by atoms with Gasteiger partial charge in [-0.05, 0) is 64.2 Å². The number of esters is 2. The molecule has 2 heterocycles. The lowest BCUT2D eigenvalue weighted by molar-refractivity contribution is -0.156. The van der Waals surface area contributed by atoms with Crippen LogP contribution >= 0.6 is 11.3 Å². The van der Waals surface area contributed by atoms with Crippen LogP contribution in [0.25, 0.3) is 10.1 Å². The molecule has 3 aromatic rings. The third-order valence-corrected chi connectivity index (χ3v) is 10.4. The van der Waals surface area contributed by atoms with Gasteiger partial charge in [-0.25, -0.2) is 8.78 Å².